The predicted octanol–water partition coefficient (Wildman–Crippen LogP) is 2.31. The highest BCUT2D eigenvalue weighted by Crippen LogP contribution is 2.34. The molecule has 1 atom stereocenters. The van der Waals surface area contributed by atoms with Gasteiger partial charge in [-0.05, 0) is 24.6 Å². The molecule has 0 fully saturated rings. The molecule has 2 aromatic heterocycles. The van der Waals surface area contributed by atoms with Gasteiger partial charge in [0.2, 0.25) is 0 Å². The minimum atomic E-state index is -0.228. The Kier molecular flexibility index (Phi) is 3.86. The summed E-state index contributed by atoms with van der Waals surface area (Å²) in [6, 6.07) is 6.66. The quantitative estimate of drug-likeness (QED) is 0.799. The Hall–Kier alpha value is -2.54. The molecule has 0 bridgehead atoms. The fourth-order valence-electron chi connectivity index (χ4n) is 3.28. The number of imidazole rings is 1. The molecule has 1 aliphatic rings. The molecule has 0 amide bonds. The Bertz CT molecular complexity index is 822. The molecule has 1 N–H and O–H groups in total. The van der Waals surface area contributed by atoms with Crippen molar-refractivity contribution in [1.82, 2.24) is 29.9 Å². The standard InChI is InChI=1S/C17H19FN6/c1-2-24-21-9-14(22-24)10-23-8-7-15-16(20-11-19-15)17(23)12-3-5-13(18)6-4-12/h3-6,9,11,17H,2,7-8,10H2,1H3,(H,19,20). The van der Waals surface area contributed by atoms with Crippen LogP contribution in [0.1, 0.15) is 35.6 Å². The van der Waals surface area contributed by atoms with E-state index in [9.17, 15) is 4.39 Å². The number of nitrogens with zero attached hydrogens (tertiary/aromatic N) is 5. The Morgan fingerprint density at radius 1 is 1.29 bits per heavy atom. The highest BCUT2D eigenvalue weighted by Gasteiger charge is 2.31. The van der Waals surface area contributed by atoms with Crippen molar-refractivity contribution in [3.8, 4) is 0 Å². The molecular weight excluding hydrogens is 307 g/mol. The van der Waals surface area contributed by atoms with Crippen LogP contribution in [0.5, 0.6) is 0 Å². The molecule has 7 heteroatoms. The van der Waals surface area contributed by atoms with Crippen molar-refractivity contribution in [3.05, 3.63) is 65.3 Å². The summed E-state index contributed by atoms with van der Waals surface area (Å²) in [4.78, 5) is 11.7. The van der Waals surface area contributed by atoms with Gasteiger partial charge in [-0.3, -0.25) is 4.90 Å². The summed E-state index contributed by atoms with van der Waals surface area (Å²) in [5.74, 6) is -0.228. The number of hydrogen-bond acceptors (Lipinski definition) is 4. The molecular formula is C17H19FN6. The van der Waals surface area contributed by atoms with Crippen LogP contribution < -0.4 is 0 Å². The molecule has 1 aromatic carbocycles. The molecule has 0 spiro atoms. The first kappa shape index (κ1) is 15.0. The van der Waals surface area contributed by atoms with Gasteiger partial charge in [0, 0.05) is 25.2 Å². The van der Waals surface area contributed by atoms with Crippen molar-refractivity contribution in [2.45, 2.75) is 32.5 Å². The van der Waals surface area contributed by atoms with Gasteiger partial charge in [0.05, 0.1) is 36.5 Å². The lowest BCUT2D eigenvalue weighted by Crippen LogP contribution is -2.36. The molecule has 1 unspecified atom stereocenters. The maximum Gasteiger partial charge on any atom is 0.123 e. The third kappa shape index (κ3) is 2.71. The van der Waals surface area contributed by atoms with E-state index in [0.717, 1.165) is 42.2 Å². The van der Waals surface area contributed by atoms with Crippen molar-refractivity contribution in [2.75, 3.05) is 6.54 Å². The van der Waals surface area contributed by atoms with E-state index in [1.807, 2.05) is 25.3 Å². The van der Waals surface area contributed by atoms with E-state index in [1.165, 1.54) is 12.1 Å². The van der Waals surface area contributed by atoms with E-state index in [0.29, 0.717) is 6.54 Å². The maximum absolute atomic E-state index is 13.3. The third-order valence-corrected chi connectivity index (χ3v) is 4.44. The number of fused-ring (bicyclic) bond motifs is 1. The normalized spacial score (nSPS) is 17.8. The summed E-state index contributed by atoms with van der Waals surface area (Å²) in [6.45, 7) is 4.34. The summed E-state index contributed by atoms with van der Waals surface area (Å²) >= 11 is 0. The second-order valence-electron chi connectivity index (χ2n) is 5.97. The minimum Gasteiger partial charge on any atom is -0.348 e. The van der Waals surface area contributed by atoms with Gasteiger partial charge < -0.3 is 4.98 Å². The van der Waals surface area contributed by atoms with Crippen LogP contribution in [-0.4, -0.2) is 36.4 Å². The highest BCUT2D eigenvalue weighted by molar-refractivity contribution is 5.32. The molecule has 0 radical (unpaired) electrons. The number of benzene rings is 1. The van der Waals surface area contributed by atoms with E-state index in [4.69, 9.17) is 0 Å². The van der Waals surface area contributed by atoms with Gasteiger partial charge in [-0.1, -0.05) is 12.1 Å². The zero-order valence-electron chi connectivity index (χ0n) is 13.5. The highest BCUT2D eigenvalue weighted by atomic mass is 19.1. The van der Waals surface area contributed by atoms with E-state index >= 15 is 0 Å². The number of hydrogen-bond donors (Lipinski definition) is 1. The number of aromatic nitrogens is 5. The van der Waals surface area contributed by atoms with Crippen molar-refractivity contribution >= 4 is 0 Å². The van der Waals surface area contributed by atoms with Gasteiger partial charge in [-0.2, -0.15) is 15.0 Å². The van der Waals surface area contributed by atoms with Crippen LogP contribution in [0.2, 0.25) is 0 Å². The third-order valence-electron chi connectivity index (χ3n) is 4.44. The van der Waals surface area contributed by atoms with Crippen LogP contribution in [-0.2, 0) is 19.5 Å². The number of H-pyrrole nitrogens is 1. The van der Waals surface area contributed by atoms with Crippen molar-refractivity contribution < 1.29 is 4.39 Å². The molecule has 3 heterocycles. The van der Waals surface area contributed by atoms with Crippen molar-refractivity contribution in [1.29, 1.82) is 0 Å². The average molecular weight is 326 g/mol. The summed E-state index contributed by atoms with van der Waals surface area (Å²) < 4.78 is 13.3. The Morgan fingerprint density at radius 3 is 2.88 bits per heavy atom. The molecule has 124 valence electrons. The summed E-state index contributed by atoms with van der Waals surface area (Å²) in [7, 11) is 0. The fourth-order valence-corrected chi connectivity index (χ4v) is 3.28. The second-order valence-corrected chi connectivity index (χ2v) is 5.97. The predicted molar refractivity (Wildman–Crippen MR) is 86.6 cm³/mol. The zero-order chi connectivity index (χ0) is 16.5. The maximum atomic E-state index is 13.3. The lowest BCUT2D eigenvalue weighted by molar-refractivity contribution is 0.197. The van der Waals surface area contributed by atoms with Crippen LogP contribution in [0.25, 0.3) is 0 Å². The number of halogens is 1. The Balaban J connectivity index is 1.68. The van der Waals surface area contributed by atoms with Crippen molar-refractivity contribution in [3.63, 3.8) is 0 Å². The first-order valence-corrected chi connectivity index (χ1v) is 8.15. The SMILES string of the molecule is CCn1ncc(CN2CCc3[nH]cnc3C2c2ccc(F)cc2)n1. The van der Waals surface area contributed by atoms with Crippen LogP contribution >= 0.6 is 0 Å². The van der Waals surface area contributed by atoms with Gasteiger partial charge in [0.1, 0.15) is 5.82 Å². The van der Waals surface area contributed by atoms with E-state index in [2.05, 4.69) is 25.1 Å². The summed E-state index contributed by atoms with van der Waals surface area (Å²) in [5.41, 5.74) is 4.13. The Morgan fingerprint density at radius 2 is 2.12 bits per heavy atom. The lowest BCUT2D eigenvalue weighted by atomic mass is 9.95. The monoisotopic (exact) mass is 326 g/mol. The molecule has 0 saturated heterocycles. The molecule has 3 aromatic rings. The first-order valence-electron chi connectivity index (χ1n) is 8.15. The minimum absolute atomic E-state index is 0.00706. The molecule has 1 aliphatic heterocycles. The van der Waals surface area contributed by atoms with Crippen molar-refractivity contribution in [2.24, 2.45) is 0 Å². The molecule has 24 heavy (non-hydrogen) atoms. The van der Waals surface area contributed by atoms with Crippen LogP contribution in [0.15, 0.2) is 36.8 Å². The van der Waals surface area contributed by atoms with E-state index < -0.39 is 0 Å². The molecule has 4 rings (SSSR count). The number of nitrogens with one attached hydrogen (secondary N) is 1. The van der Waals surface area contributed by atoms with Gasteiger partial charge in [-0.15, -0.1) is 0 Å². The largest absolute Gasteiger partial charge is 0.348 e. The number of aromatic amines is 1. The van der Waals surface area contributed by atoms with Gasteiger partial charge >= 0.3 is 0 Å². The first-order chi connectivity index (χ1) is 11.7. The molecule has 0 saturated carbocycles. The second kappa shape index (κ2) is 6.16. The molecule has 0 aliphatic carbocycles. The smallest absolute Gasteiger partial charge is 0.123 e. The average Bonchev–Trinajstić information content (AvgIpc) is 3.24. The van der Waals surface area contributed by atoms with E-state index in [1.54, 1.807) is 11.1 Å². The van der Waals surface area contributed by atoms with Crippen LogP contribution in [0.4, 0.5) is 4.39 Å². The summed E-state index contributed by atoms with van der Waals surface area (Å²) in [6.07, 6.45) is 4.46. The van der Waals surface area contributed by atoms with Gasteiger partial charge in [0.15, 0.2) is 0 Å². The Labute approximate surface area is 139 Å². The number of rotatable bonds is 4. The number of aryl methyl sites for hydroxylation is 1. The van der Waals surface area contributed by atoms with Gasteiger partial charge in [-0.25, -0.2) is 9.37 Å². The van der Waals surface area contributed by atoms with Crippen LogP contribution in [0, 0.1) is 5.82 Å². The topological polar surface area (TPSA) is 62.6 Å². The summed E-state index contributed by atoms with van der Waals surface area (Å²) in [5, 5.41) is 8.74. The lowest BCUT2D eigenvalue weighted by Gasteiger charge is -2.34. The zero-order valence-corrected chi connectivity index (χ0v) is 13.5. The van der Waals surface area contributed by atoms with E-state index in [-0.39, 0.29) is 11.9 Å². The fraction of sp³-hybridized carbons (Fsp3) is 0.353. The van der Waals surface area contributed by atoms with Gasteiger partial charge in [0.25, 0.3) is 0 Å². The van der Waals surface area contributed by atoms with Crippen LogP contribution in [0.3, 0.4) is 0 Å². The molecule has 6 nitrogen and oxygen atoms in total.